The molecule has 0 fully saturated rings. The van der Waals surface area contributed by atoms with Crippen molar-refractivity contribution in [3.8, 4) is 10.6 Å². The average molecular weight is 457 g/mol. The van der Waals surface area contributed by atoms with Crippen LogP contribution in [0.5, 0.6) is 0 Å². The fourth-order valence-electron chi connectivity index (χ4n) is 1.99. The second kappa shape index (κ2) is 10.4. The molecular formula is C17H17ClN4OS4. The van der Waals surface area contributed by atoms with Crippen LogP contribution in [0, 0.1) is 0 Å². The Hall–Kier alpha value is -1.13. The van der Waals surface area contributed by atoms with Gasteiger partial charge in [0.05, 0.1) is 11.4 Å². The SMILES string of the molecule is CCCNC(=O)CSc1nnc(SCc2csc(-c3ccc(Cl)cc3)n2)s1. The molecule has 1 aromatic carbocycles. The van der Waals surface area contributed by atoms with Crippen LogP contribution in [0.25, 0.3) is 10.6 Å². The monoisotopic (exact) mass is 456 g/mol. The number of hydrogen-bond donors (Lipinski definition) is 1. The van der Waals surface area contributed by atoms with E-state index in [4.69, 9.17) is 11.6 Å². The third-order valence-corrected chi connectivity index (χ3v) is 7.69. The first-order valence-corrected chi connectivity index (χ1v) is 12.2. The normalized spacial score (nSPS) is 10.9. The van der Waals surface area contributed by atoms with Crippen LogP contribution in [0.4, 0.5) is 0 Å². The van der Waals surface area contributed by atoms with E-state index in [2.05, 4.69) is 25.9 Å². The van der Waals surface area contributed by atoms with Crippen LogP contribution in [0.15, 0.2) is 38.3 Å². The van der Waals surface area contributed by atoms with Gasteiger partial charge < -0.3 is 5.32 Å². The van der Waals surface area contributed by atoms with E-state index in [9.17, 15) is 4.79 Å². The van der Waals surface area contributed by atoms with E-state index in [-0.39, 0.29) is 5.91 Å². The summed E-state index contributed by atoms with van der Waals surface area (Å²) < 4.78 is 1.69. The van der Waals surface area contributed by atoms with Crippen molar-refractivity contribution in [3.05, 3.63) is 40.4 Å². The number of amides is 1. The Bertz CT molecular complexity index is 881. The molecule has 0 spiro atoms. The Morgan fingerprint density at radius 3 is 2.67 bits per heavy atom. The highest BCUT2D eigenvalue weighted by Crippen LogP contribution is 2.32. The summed E-state index contributed by atoms with van der Waals surface area (Å²) in [7, 11) is 0. The molecule has 142 valence electrons. The maximum Gasteiger partial charge on any atom is 0.230 e. The first kappa shape index (κ1) is 20.6. The number of aromatic nitrogens is 3. The Labute approximate surface area is 179 Å². The summed E-state index contributed by atoms with van der Waals surface area (Å²) in [5, 5.41) is 14.9. The van der Waals surface area contributed by atoms with Gasteiger partial charge in [-0.15, -0.1) is 21.5 Å². The van der Waals surface area contributed by atoms with Gasteiger partial charge in [0.15, 0.2) is 8.68 Å². The Balaban J connectivity index is 1.49. The summed E-state index contributed by atoms with van der Waals surface area (Å²) in [4.78, 5) is 16.3. The van der Waals surface area contributed by atoms with Gasteiger partial charge in [0.1, 0.15) is 5.01 Å². The molecule has 0 bridgehead atoms. The number of benzene rings is 1. The zero-order valence-corrected chi connectivity index (χ0v) is 18.5. The number of nitrogens with one attached hydrogen (secondary N) is 1. The van der Waals surface area contributed by atoms with Crippen LogP contribution in [-0.4, -0.2) is 33.4 Å². The molecule has 0 unspecified atom stereocenters. The highest BCUT2D eigenvalue weighted by atomic mass is 35.5. The van der Waals surface area contributed by atoms with Crippen molar-refractivity contribution in [2.24, 2.45) is 0 Å². The van der Waals surface area contributed by atoms with Gasteiger partial charge >= 0.3 is 0 Å². The lowest BCUT2D eigenvalue weighted by Crippen LogP contribution is -2.25. The lowest BCUT2D eigenvalue weighted by molar-refractivity contribution is -0.118. The fourth-order valence-corrected chi connectivity index (χ4v) is 5.79. The minimum absolute atomic E-state index is 0.0310. The molecule has 0 aliphatic heterocycles. The number of hydrogen-bond acceptors (Lipinski definition) is 8. The van der Waals surface area contributed by atoms with E-state index in [1.165, 1.54) is 23.1 Å². The Kier molecular flexibility index (Phi) is 7.95. The van der Waals surface area contributed by atoms with Crippen LogP contribution in [0.2, 0.25) is 5.02 Å². The quantitative estimate of drug-likeness (QED) is 0.445. The van der Waals surface area contributed by atoms with Crippen LogP contribution < -0.4 is 5.32 Å². The first-order chi connectivity index (χ1) is 13.1. The standard InChI is InChI=1S/C17H17ClN4OS4/c1-2-7-19-14(23)10-26-17-22-21-16(27-17)25-9-13-8-24-15(20-13)11-3-5-12(18)6-4-11/h3-6,8H,2,7,9-10H2,1H3,(H,19,23). The second-order valence-electron chi connectivity index (χ2n) is 5.41. The Morgan fingerprint density at radius 2 is 1.93 bits per heavy atom. The van der Waals surface area contributed by atoms with Crippen LogP contribution in [-0.2, 0) is 10.5 Å². The molecule has 1 amide bonds. The number of nitrogens with zero attached hydrogens (tertiary/aromatic N) is 3. The van der Waals surface area contributed by atoms with Crippen molar-refractivity contribution < 1.29 is 4.79 Å². The second-order valence-corrected chi connectivity index (χ2v) is 10.1. The summed E-state index contributed by atoms with van der Waals surface area (Å²) in [6.07, 6.45) is 0.937. The van der Waals surface area contributed by atoms with Gasteiger partial charge in [-0.1, -0.05) is 65.5 Å². The minimum atomic E-state index is 0.0310. The molecule has 0 aliphatic rings. The summed E-state index contributed by atoms with van der Waals surface area (Å²) in [5.74, 6) is 1.14. The minimum Gasteiger partial charge on any atom is -0.355 e. The van der Waals surface area contributed by atoms with Gasteiger partial charge in [-0.25, -0.2) is 4.98 Å². The van der Waals surface area contributed by atoms with Crippen molar-refractivity contribution in [1.29, 1.82) is 0 Å². The number of thioether (sulfide) groups is 2. The zero-order valence-electron chi connectivity index (χ0n) is 14.5. The van der Waals surface area contributed by atoms with Crippen LogP contribution in [0.1, 0.15) is 19.0 Å². The molecule has 10 heteroatoms. The van der Waals surface area contributed by atoms with E-state index in [0.29, 0.717) is 12.3 Å². The van der Waals surface area contributed by atoms with Crippen LogP contribution in [0.3, 0.4) is 0 Å². The molecule has 2 aromatic heterocycles. The van der Waals surface area contributed by atoms with Crippen LogP contribution >= 0.6 is 57.8 Å². The molecule has 27 heavy (non-hydrogen) atoms. The van der Waals surface area contributed by atoms with Gasteiger partial charge in [-0.3, -0.25) is 4.79 Å². The third kappa shape index (κ3) is 6.46. The lowest BCUT2D eigenvalue weighted by Gasteiger charge is -2.00. The molecule has 0 aliphatic carbocycles. The average Bonchev–Trinajstić information content (AvgIpc) is 3.33. The van der Waals surface area contributed by atoms with E-state index < -0.39 is 0 Å². The highest BCUT2D eigenvalue weighted by Gasteiger charge is 2.10. The summed E-state index contributed by atoms with van der Waals surface area (Å²) in [6.45, 7) is 2.74. The maximum atomic E-state index is 11.6. The topological polar surface area (TPSA) is 67.8 Å². The molecular weight excluding hydrogens is 440 g/mol. The number of halogens is 1. The largest absolute Gasteiger partial charge is 0.355 e. The highest BCUT2D eigenvalue weighted by molar-refractivity contribution is 8.03. The van der Waals surface area contributed by atoms with Gasteiger partial charge in [0, 0.05) is 28.3 Å². The first-order valence-electron chi connectivity index (χ1n) is 8.20. The van der Waals surface area contributed by atoms with Crippen molar-refractivity contribution in [2.45, 2.75) is 27.8 Å². The molecule has 1 N–H and O–H groups in total. The molecule has 3 rings (SSSR count). The molecule has 0 saturated heterocycles. The van der Waals surface area contributed by atoms with Crippen molar-refractivity contribution in [3.63, 3.8) is 0 Å². The predicted octanol–water partition coefficient (Wildman–Crippen LogP) is 5.23. The number of carbonyl (C=O) groups excluding carboxylic acids is 1. The van der Waals surface area contributed by atoms with E-state index in [0.717, 1.165) is 42.1 Å². The lowest BCUT2D eigenvalue weighted by atomic mass is 10.2. The third-order valence-electron chi connectivity index (χ3n) is 3.27. The van der Waals surface area contributed by atoms with E-state index in [1.54, 1.807) is 23.1 Å². The number of carbonyl (C=O) groups is 1. The van der Waals surface area contributed by atoms with Gasteiger partial charge in [0.2, 0.25) is 5.91 Å². The Morgan fingerprint density at radius 1 is 1.19 bits per heavy atom. The zero-order chi connectivity index (χ0) is 19.1. The van der Waals surface area contributed by atoms with E-state index >= 15 is 0 Å². The van der Waals surface area contributed by atoms with Gasteiger partial charge in [-0.05, 0) is 18.6 Å². The van der Waals surface area contributed by atoms with Crippen molar-refractivity contribution >= 4 is 63.7 Å². The van der Waals surface area contributed by atoms with Crippen molar-refractivity contribution in [2.75, 3.05) is 12.3 Å². The molecule has 0 saturated carbocycles. The predicted molar refractivity (Wildman–Crippen MR) is 116 cm³/mol. The number of thiazole rings is 1. The summed E-state index contributed by atoms with van der Waals surface area (Å²) in [6, 6.07) is 7.69. The molecule has 5 nitrogen and oxygen atoms in total. The number of rotatable bonds is 9. The summed E-state index contributed by atoms with van der Waals surface area (Å²) >= 11 is 12.1. The molecule has 0 radical (unpaired) electrons. The van der Waals surface area contributed by atoms with E-state index in [1.807, 2.05) is 31.2 Å². The van der Waals surface area contributed by atoms with Gasteiger partial charge in [-0.2, -0.15) is 0 Å². The fraction of sp³-hybridized carbons (Fsp3) is 0.294. The van der Waals surface area contributed by atoms with Gasteiger partial charge in [0.25, 0.3) is 0 Å². The molecule has 2 heterocycles. The van der Waals surface area contributed by atoms with Crippen molar-refractivity contribution in [1.82, 2.24) is 20.5 Å². The maximum absolute atomic E-state index is 11.6. The summed E-state index contributed by atoms with van der Waals surface area (Å²) in [5.41, 5.74) is 2.08. The smallest absolute Gasteiger partial charge is 0.230 e. The molecule has 3 aromatic rings. The molecule has 0 atom stereocenters.